The average molecular weight is 278 g/mol. The van der Waals surface area contributed by atoms with E-state index in [2.05, 4.69) is 24.1 Å². The summed E-state index contributed by atoms with van der Waals surface area (Å²) in [5.41, 5.74) is 0.493. The molecule has 0 bridgehead atoms. The van der Waals surface area contributed by atoms with Crippen molar-refractivity contribution in [1.29, 1.82) is 0 Å². The van der Waals surface area contributed by atoms with Crippen molar-refractivity contribution in [2.45, 2.75) is 95.7 Å². The largest absolute Gasteiger partial charge is 0.311 e. The van der Waals surface area contributed by atoms with Gasteiger partial charge < -0.3 is 5.32 Å². The summed E-state index contributed by atoms with van der Waals surface area (Å²) in [6.45, 7) is 7.49. The molecule has 3 aliphatic rings. The van der Waals surface area contributed by atoms with E-state index in [0.29, 0.717) is 5.54 Å². The molecule has 3 fully saturated rings. The second-order valence-electron chi connectivity index (χ2n) is 7.97. The van der Waals surface area contributed by atoms with Gasteiger partial charge in [0.1, 0.15) is 0 Å². The highest BCUT2D eigenvalue weighted by Gasteiger charge is 2.40. The summed E-state index contributed by atoms with van der Waals surface area (Å²) < 4.78 is 0. The SMILES string of the molecule is CC1CNC(C2CCCCC2)CN1C1(C)CCCCC1. The lowest BCUT2D eigenvalue weighted by Gasteiger charge is -2.52. The van der Waals surface area contributed by atoms with Crippen LogP contribution in [-0.2, 0) is 0 Å². The quantitative estimate of drug-likeness (QED) is 0.822. The molecular formula is C18H34N2. The molecule has 2 aliphatic carbocycles. The van der Waals surface area contributed by atoms with Crippen LogP contribution in [0.4, 0.5) is 0 Å². The Bertz CT molecular complexity index is 303. The van der Waals surface area contributed by atoms with E-state index in [4.69, 9.17) is 0 Å². The van der Waals surface area contributed by atoms with Crippen LogP contribution in [0.2, 0.25) is 0 Å². The lowest BCUT2D eigenvalue weighted by Crippen LogP contribution is -2.64. The maximum Gasteiger partial charge on any atom is 0.0224 e. The monoisotopic (exact) mass is 278 g/mol. The van der Waals surface area contributed by atoms with E-state index in [1.54, 1.807) is 0 Å². The number of nitrogens with one attached hydrogen (secondary N) is 1. The standard InChI is InChI=1S/C18H34N2/c1-15-13-19-17(16-9-5-3-6-10-16)14-20(15)18(2)11-7-4-8-12-18/h15-17,19H,3-14H2,1-2H3. The predicted molar refractivity (Wildman–Crippen MR) is 86.0 cm³/mol. The summed E-state index contributed by atoms with van der Waals surface area (Å²) in [7, 11) is 0. The van der Waals surface area contributed by atoms with E-state index >= 15 is 0 Å². The molecule has 116 valence electrons. The van der Waals surface area contributed by atoms with Gasteiger partial charge in [-0.2, -0.15) is 0 Å². The molecule has 1 N–H and O–H groups in total. The van der Waals surface area contributed by atoms with Crippen molar-refractivity contribution in [2.75, 3.05) is 13.1 Å². The third-order valence-electron chi connectivity index (χ3n) is 6.44. The Morgan fingerprint density at radius 1 is 0.950 bits per heavy atom. The molecule has 1 heterocycles. The molecule has 20 heavy (non-hydrogen) atoms. The van der Waals surface area contributed by atoms with E-state index < -0.39 is 0 Å². The van der Waals surface area contributed by atoms with Crippen molar-refractivity contribution in [3.8, 4) is 0 Å². The fraction of sp³-hybridized carbons (Fsp3) is 1.00. The molecule has 2 saturated carbocycles. The van der Waals surface area contributed by atoms with Gasteiger partial charge in [0.15, 0.2) is 0 Å². The van der Waals surface area contributed by atoms with Crippen LogP contribution >= 0.6 is 0 Å². The Morgan fingerprint density at radius 2 is 1.60 bits per heavy atom. The number of piperazine rings is 1. The zero-order valence-corrected chi connectivity index (χ0v) is 13.7. The Morgan fingerprint density at radius 3 is 2.30 bits per heavy atom. The van der Waals surface area contributed by atoms with E-state index in [1.165, 1.54) is 77.3 Å². The lowest BCUT2D eigenvalue weighted by molar-refractivity contribution is -0.00835. The maximum absolute atomic E-state index is 3.88. The van der Waals surface area contributed by atoms with Gasteiger partial charge in [-0.05, 0) is 45.4 Å². The molecule has 1 saturated heterocycles. The third-order valence-corrected chi connectivity index (χ3v) is 6.44. The van der Waals surface area contributed by atoms with Gasteiger partial charge in [-0.1, -0.05) is 38.5 Å². The van der Waals surface area contributed by atoms with Crippen LogP contribution in [0.5, 0.6) is 0 Å². The molecule has 1 aliphatic heterocycles. The smallest absolute Gasteiger partial charge is 0.0224 e. The summed E-state index contributed by atoms with van der Waals surface area (Å²) in [4.78, 5) is 2.89. The van der Waals surface area contributed by atoms with Crippen molar-refractivity contribution in [3.63, 3.8) is 0 Å². The van der Waals surface area contributed by atoms with Crippen molar-refractivity contribution in [2.24, 2.45) is 5.92 Å². The Balaban J connectivity index is 1.66. The Labute approximate surface area is 125 Å². The van der Waals surface area contributed by atoms with Gasteiger partial charge in [0.05, 0.1) is 0 Å². The molecule has 0 aromatic carbocycles. The first-order valence-electron chi connectivity index (χ1n) is 9.19. The van der Waals surface area contributed by atoms with Crippen molar-refractivity contribution in [3.05, 3.63) is 0 Å². The topological polar surface area (TPSA) is 15.3 Å². The average Bonchev–Trinajstić information content (AvgIpc) is 2.49. The summed E-state index contributed by atoms with van der Waals surface area (Å²) >= 11 is 0. The van der Waals surface area contributed by atoms with Gasteiger partial charge in [0.25, 0.3) is 0 Å². The number of rotatable bonds is 2. The third kappa shape index (κ3) is 3.06. The predicted octanol–water partition coefficient (Wildman–Crippen LogP) is 3.95. The molecule has 2 heteroatoms. The van der Waals surface area contributed by atoms with Crippen molar-refractivity contribution < 1.29 is 0 Å². The minimum absolute atomic E-state index is 0.493. The first-order chi connectivity index (χ1) is 9.69. The molecule has 3 rings (SSSR count). The van der Waals surface area contributed by atoms with E-state index in [-0.39, 0.29) is 0 Å². The Kier molecular flexibility index (Phi) is 4.72. The molecule has 0 aromatic heterocycles. The van der Waals surface area contributed by atoms with Gasteiger partial charge in [0, 0.05) is 30.7 Å². The lowest BCUT2D eigenvalue weighted by atomic mass is 9.78. The summed E-state index contributed by atoms with van der Waals surface area (Å²) in [5.74, 6) is 0.950. The zero-order chi connectivity index (χ0) is 14.0. The van der Waals surface area contributed by atoms with Crippen LogP contribution in [0.3, 0.4) is 0 Å². The summed E-state index contributed by atoms with van der Waals surface area (Å²) in [6.07, 6.45) is 14.5. The highest BCUT2D eigenvalue weighted by Crippen LogP contribution is 2.37. The molecule has 2 nitrogen and oxygen atoms in total. The minimum Gasteiger partial charge on any atom is -0.311 e. The van der Waals surface area contributed by atoms with Crippen LogP contribution in [-0.4, -0.2) is 35.6 Å². The van der Waals surface area contributed by atoms with E-state index in [1.807, 2.05) is 0 Å². The van der Waals surface area contributed by atoms with Gasteiger partial charge >= 0.3 is 0 Å². The summed E-state index contributed by atoms with van der Waals surface area (Å²) in [5, 5.41) is 3.88. The van der Waals surface area contributed by atoms with E-state index in [9.17, 15) is 0 Å². The molecular weight excluding hydrogens is 244 g/mol. The first-order valence-corrected chi connectivity index (χ1v) is 9.19. The minimum atomic E-state index is 0.493. The number of hydrogen-bond donors (Lipinski definition) is 1. The maximum atomic E-state index is 3.88. The van der Waals surface area contributed by atoms with Crippen LogP contribution in [0, 0.1) is 5.92 Å². The van der Waals surface area contributed by atoms with Gasteiger partial charge in [-0.3, -0.25) is 4.90 Å². The molecule has 2 atom stereocenters. The highest BCUT2D eigenvalue weighted by atomic mass is 15.3. The van der Waals surface area contributed by atoms with Gasteiger partial charge in [0.2, 0.25) is 0 Å². The second kappa shape index (κ2) is 6.36. The first kappa shape index (κ1) is 14.8. The second-order valence-corrected chi connectivity index (χ2v) is 7.97. The van der Waals surface area contributed by atoms with Gasteiger partial charge in [-0.25, -0.2) is 0 Å². The zero-order valence-electron chi connectivity index (χ0n) is 13.7. The Hall–Kier alpha value is -0.0800. The van der Waals surface area contributed by atoms with Crippen molar-refractivity contribution in [1.82, 2.24) is 10.2 Å². The van der Waals surface area contributed by atoms with Crippen LogP contribution in [0.25, 0.3) is 0 Å². The molecule has 0 spiro atoms. The highest BCUT2D eigenvalue weighted by molar-refractivity contribution is 4.98. The number of hydrogen-bond acceptors (Lipinski definition) is 2. The summed E-state index contributed by atoms with van der Waals surface area (Å²) in [6, 6.07) is 1.49. The fourth-order valence-electron chi connectivity index (χ4n) is 5.09. The van der Waals surface area contributed by atoms with Crippen LogP contribution in [0.1, 0.15) is 78.1 Å². The van der Waals surface area contributed by atoms with E-state index in [0.717, 1.165) is 18.0 Å². The fourth-order valence-corrected chi connectivity index (χ4v) is 5.09. The van der Waals surface area contributed by atoms with Crippen molar-refractivity contribution >= 4 is 0 Å². The van der Waals surface area contributed by atoms with Crippen LogP contribution in [0.15, 0.2) is 0 Å². The normalized spacial score (nSPS) is 36.9. The molecule has 2 unspecified atom stereocenters. The van der Waals surface area contributed by atoms with Crippen LogP contribution < -0.4 is 5.32 Å². The molecule has 0 amide bonds. The van der Waals surface area contributed by atoms with Gasteiger partial charge in [-0.15, -0.1) is 0 Å². The molecule has 0 aromatic rings. The molecule has 0 radical (unpaired) electrons. The number of nitrogens with zero attached hydrogens (tertiary/aromatic N) is 1.